The van der Waals surface area contributed by atoms with Crippen LogP contribution in [0.5, 0.6) is 0 Å². The van der Waals surface area contributed by atoms with E-state index in [4.69, 9.17) is 5.73 Å². The number of pyridine rings is 1. The van der Waals surface area contributed by atoms with Gasteiger partial charge in [-0.05, 0) is 25.5 Å². The molecule has 0 aliphatic rings. The standard InChI is InChI=1S/C10H17N3OS/c1-7-4-9(11)10(12-5-7)13-6-8(2)15(3)14/h4-5,8H,6,11H2,1-3H3,(H,12,13). The van der Waals surface area contributed by atoms with E-state index in [9.17, 15) is 4.21 Å². The summed E-state index contributed by atoms with van der Waals surface area (Å²) in [7, 11) is -0.826. The SMILES string of the molecule is Cc1cnc(NCC(C)S(C)=O)c(N)c1. The summed E-state index contributed by atoms with van der Waals surface area (Å²) in [4.78, 5) is 4.17. The number of nitrogens with two attached hydrogens (primary N) is 1. The van der Waals surface area contributed by atoms with Crippen LogP contribution in [-0.2, 0) is 10.8 Å². The molecule has 1 heterocycles. The summed E-state index contributed by atoms with van der Waals surface area (Å²) in [6.07, 6.45) is 3.45. The highest BCUT2D eigenvalue weighted by Gasteiger charge is 2.07. The van der Waals surface area contributed by atoms with Crippen LogP contribution >= 0.6 is 0 Å². The molecule has 0 aliphatic heterocycles. The van der Waals surface area contributed by atoms with Gasteiger partial charge in [-0.25, -0.2) is 4.98 Å². The minimum Gasteiger partial charge on any atom is -0.396 e. The van der Waals surface area contributed by atoms with E-state index >= 15 is 0 Å². The van der Waals surface area contributed by atoms with Crippen molar-refractivity contribution in [3.63, 3.8) is 0 Å². The minimum absolute atomic E-state index is 0.0903. The molecule has 0 fully saturated rings. The second-order valence-corrected chi connectivity index (χ2v) is 5.44. The number of nitrogens with zero attached hydrogens (tertiary/aromatic N) is 1. The van der Waals surface area contributed by atoms with Crippen molar-refractivity contribution in [1.29, 1.82) is 0 Å². The lowest BCUT2D eigenvalue weighted by atomic mass is 10.3. The van der Waals surface area contributed by atoms with Crippen LogP contribution in [-0.4, -0.2) is 27.2 Å². The molecular formula is C10H17N3OS. The van der Waals surface area contributed by atoms with Gasteiger partial charge >= 0.3 is 0 Å². The number of anilines is 2. The fraction of sp³-hybridized carbons (Fsp3) is 0.500. The highest BCUT2D eigenvalue weighted by molar-refractivity contribution is 7.84. The molecule has 0 spiro atoms. The monoisotopic (exact) mass is 227 g/mol. The molecule has 4 nitrogen and oxygen atoms in total. The average molecular weight is 227 g/mol. The summed E-state index contributed by atoms with van der Waals surface area (Å²) in [6.45, 7) is 4.48. The number of nitrogens with one attached hydrogen (secondary N) is 1. The highest BCUT2D eigenvalue weighted by atomic mass is 32.2. The molecule has 1 aromatic heterocycles. The zero-order valence-corrected chi connectivity index (χ0v) is 10.1. The van der Waals surface area contributed by atoms with E-state index in [1.807, 2.05) is 19.9 Å². The van der Waals surface area contributed by atoms with Gasteiger partial charge in [-0.2, -0.15) is 0 Å². The molecule has 5 heteroatoms. The Labute approximate surface area is 92.7 Å². The summed E-state index contributed by atoms with van der Waals surface area (Å²) in [5.74, 6) is 0.665. The molecule has 0 amide bonds. The molecule has 3 N–H and O–H groups in total. The lowest BCUT2D eigenvalue weighted by Crippen LogP contribution is -2.21. The maximum Gasteiger partial charge on any atom is 0.149 e. The zero-order chi connectivity index (χ0) is 11.4. The fourth-order valence-electron chi connectivity index (χ4n) is 1.10. The molecule has 0 saturated heterocycles. The third-order valence-corrected chi connectivity index (χ3v) is 3.48. The minimum atomic E-state index is -0.826. The topological polar surface area (TPSA) is 68.0 Å². The third kappa shape index (κ3) is 3.51. The van der Waals surface area contributed by atoms with E-state index in [0.717, 1.165) is 5.56 Å². The predicted octanol–water partition coefficient (Wildman–Crippen LogP) is 1.15. The van der Waals surface area contributed by atoms with Crippen LogP contribution in [0.4, 0.5) is 11.5 Å². The van der Waals surface area contributed by atoms with Crippen LogP contribution in [0.2, 0.25) is 0 Å². The molecule has 2 atom stereocenters. The Morgan fingerprint density at radius 2 is 2.33 bits per heavy atom. The molecule has 0 radical (unpaired) electrons. The van der Waals surface area contributed by atoms with Gasteiger partial charge in [0.05, 0.1) is 5.69 Å². The number of nitrogen functional groups attached to an aromatic ring is 1. The number of rotatable bonds is 4. The van der Waals surface area contributed by atoms with Gasteiger partial charge < -0.3 is 11.1 Å². The summed E-state index contributed by atoms with van der Waals surface area (Å²) in [5.41, 5.74) is 7.44. The zero-order valence-electron chi connectivity index (χ0n) is 9.28. The van der Waals surface area contributed by atoms with Gasteiger partial charge in [-0.3, -0.25) is 4.21 Å². The van der Waals surface area contributed by atoms with E-state index in [-0.39, 0.29) is 5.25 Å². The van der Waals surface area contributed by atoms with E-state index in [2.05, 4.69) is 10.3 Å². The Bertz CT molecular complexity index is 368. The lowest BCUT2D eigenvalue weighted by Gasteiger charge is -2.12. The summed E-state index contributed by atoms with van der Waals surface area (Å²) in [5, 5.41) is 3.18. The summed E-state index contributed by atoms with van der Waals surface area (Å²) in [6, 6.07) is 1.86. The van der Waals surface area contributed by atoms with Crippen molar-refractivity contribution in [2.45, 2.75) is 19.1 Å². The van der Waals surface area contributed by atoms with Crippen LogP contribution in [0.15, 0.2) is 12.3 Å². The quantitative estimate of drug-likeness (QED) is 0.809. The number of hydrogen-bond donors (Lipinski definition) is 2. The molecule has 2 unspecified atom stereocenters. The Morgan fingerprint density at radius 3 is 2.87 bits per heavy atom. The maximum absolute atomic E-state index is 11.1. The Morgan fingerprint density at radius 1 is 1.67 bits per heavy atom. The Kier molecular flexibility index (Phi) is 4.08. The van der Waals surface area contributed by atoms with Gasteiger partial charge in [0.25, 0.3) is 0 Å². The molecule has 1 rings (SSSR count). The first kappa shape index (κ1) is 12.0. The molecule has 1 aromatic rings. The molecule has 15 heavy (non-hydrogen) atoms. The molecule has 0 bridgehead atoms. The largest absolute Gasteiger partial charge is 0.396 e. The molecule has 0 aromatic carbocycles. The van der Waals surface area contributed by atoms with Crippen molar-refractivity contribution >= 4 is 22.3 Å². The van der Waals surface area contributed by atoms with Gasteiger partial charge in [0, 0.05) is 35.0 Å². The average Bonchev–Trinajstić information content (AvgIpc) is 2.15. The fourth-order valence-corrected chi connectivity index (χ4v) is 1.42. The van der Waals surface area contributed by atoms with Crippen LogP contribution in [0.25, 0.3) is 0 Å². The van der Waals surface area contributed by atoms with Gasteiger partial charge in [-0.15, -0.1) is 0 Å². The van der Waals surface area contributed by atoms with Gasteiger partial charge in [0.15, 0.2) is 0 Å². The van der Waals surface area contributed by atoms with E-state index in [1.165, 1.54) is 0 Å². The number of aromatic nitrogens is 1. The summed E-state index contributed by atoms with van der Waals surface area (Å²) < 4.78 is 11.1. The highest BCUT2D eigenvalue weighted by Crippen LogP contribution is 2.15. The first-order valence-electron chi connectivity index (χ1n) is 4.79. The lowest BCUT2D eigenvalue weighted by molar-refractivity contribution is 0.679. The Hall–Kier alpha value is -1.10. The van der Waals surface area contributed by atoms with Crippen molar-refractivity contribution in [2.24, 2.45) is 0 Å². The van der Waals surface area contributed by atoms with Crippen molar-refractivity contribution in [2.75, 3.05) is 23.9 Å². The summed E-state index contributed by atoms with van der Waals surface area (Å²) >= 11 is 0. The molecular weight excluding hydrogens is 210 g/mol. The van der Waals surface area contributed by atoms with E-state index in [1.54, 1.807) is 12.5 Å². The van der Waals surface area contributed by atoms with E-state index in [0.29, 0.717) is 18.1 Å². The maximum atomic E-state index is 11.1. The molecule has 0 saturated carbocycles. The molecule has 0 aliphatic carbocycles. The third-order valence-electron chi connectivity index (χ3n) is 2.18. The van der Waals surface area contributed by atoms with Crippen molar-refractivity contribution < 1.29 is 4.21 Å². The van der Waals surface area contributed by atoms with Crippen molar-refractivity contribution in [3.05, 3.63) is 17.8 Å². The van der Waals surface area contributed by atoms with Gasteiger partial charge in [0.2, 0.25) is 0 Å². The van der Waals surface area contributed by atoms with E-state index < -0.39 is 10.8 Å². The smallest absolute Gasteiger partial charge is 0.149 e. The first-order chi connectivity index (χ1) is 7.00. The van der Waals surface area contributed by atoms with Gasteiger partial charge in [-0.1, -0.05) is 0 Å². The van der Waals surface area contributed by atoms with Crippen LogP contribution < -0.4 is 11.1 Å². The van der Waals surface area contributed by atoms with Crippen LogP contribution in [0.3, 0.4) is 0 Å². The number of aryl methyl sites for hydroxylation is 1. The number of hydrogen-bond acceptors (Lipinski definition) is 4. The van der Waals surface area contributed by atoms with Crippen molar-refractivity contribution in [3.8, 4) is 0 Å². The second-order valence-electron chi connectivity index (χ2n) is 3.64. The predicted molar refractivity (Wildman–Crippen MR) is 65.4 cm³/mol. The van der Waals surface area contributed by atoms with Gasteiger partial charge in [0.1, 0.15) is 5.82 Å². The normalized spacial score (nSPS) is 14.6. The first-order valence-corrected chi connectivity index (χ1v) is 6.41. The van der Waals surface area contributed by atoms with Crippen LogP contribution in [0, 0.1) is 6.92 Å². The second kappa shape index (κ2) is 5.11. The van der Waals surface area contributed by atoms with Crippen molar-refractivity contribution in [1.82, 2.24) is 4.98 Å². The molecule has 84 valence electrons. The van der Waals surface area contributed by atoms with Crippen LogP contribution in [0.1, 0.15) is 12.5 Å². The Balaban J connectivity index is 2.62.